The summed E-state index contributed by atoms with van der Waals surface area (Å²) < 4.78 is 8.21. The molecule has 3 saturated heterocycles. The molecule has 3 aliphatic rings. The van der Waals surface area contributed by atoms with Gasteiger partial charge in [-0.25, -0.2) is 0 Å². The van der Waals surface area contributed by atoms with Crippen molar-refractivity contribution in [2.75, 3.05) is 13.2 Å². The molecule has 3 atom stereocenters. The third-order valence-electron chi connectivity index (χ3n) is 6.62. The lowest BCUT2D eigenvalue weighted by atomic mass is 10.0. The van der Waals surface area contributed by atoms with Gasteiger partial charge in [-0.2, -0.15) is 5.10 Å². The Hall–Kier alpha value is -1.63. The fourth-order valence-corrected chi connectivity index (χ4v) is 5.58. The van der Waals surface area contributed by atoms with Crippen molar-refractivity contribution in [1.82, 2.24) is 19.6 Å². The third kappa shape index (κ3) is 2.33. The molecule has 1 amide bonds. The van der Waals surface area contributed by atoms with Gasteiger partial charge >= 0.3 is 0 Å². The van der Waals surface area contributed by atoms with Crippen LogP contribution < -0.4 is 0 Å². The number of nitrogens with zero attached hydrogens (tertiary/aromatic N) is 4. The van der Waals surface area contributed by atoms with Crippen molar-refractivity contribution < 1.29 is 9.53 Å². The number of rotatable bonds is 3. The summed E-state index contributed by atoms with van der Waals surface area (Å²) >= 11 is 6.48. The molecule has 7 heteroatoms. The topological polar surface area (TPSA) is 50.6 Å². The molecule has 27 heavy (non-hydrogen) atoms. The summed E-state index contributed by atoms with van der Waals surface area (Å²) in [4.78, 5) is 17.3. The van der Waals surface area contributed by atoms with E-state index in [0.717, 1.165) is 34.6 Å². The van der Waals surface area contributed by atoms with Crippen molar-refractivity contribution in [1.29, 1.82) is 0 Å². The zero-order chi connectivity index (χ0) is 18.9. The van der Waals surface area contributed by atoms with E-state index in [1.807, 2.05) is 29.9 Å². The first-order chi connectivity index (χ1) is 12.9. The van der Waals surface area contributed by atoms with E-state index in [1.165, 1.54) is 0 Å². The second-order valence-electron chi connectivity index (χ2n) is 8.38. The molecule has 5 rings (SSSR count). The van der Waals surface area contributed by atoms with Gasteiger partial charge in [0.15, 0.2) is 5.72 Å². The van der Waals surface area contributed by atoms with Crippen molar-refractivity contribution in [3.63, 3.8) is 0 Å². The Morgan fingerprint density at radius 2 is 2.22 bits per heavy atom. The van der Waals surface area contributed by atoms with Crippen LogP contribution in [0.5, 0.6) is 0 Å². The van der Waals surface area contributed by atoms with Crippen LogP contribution in [0.15, 0.2) is 18.2 Å². The average Bonchev–Trinajstić information content (AvgIpc) is 3.31. The van der Waals surface area contributed by atoms with Gasteiger partial charge in [0.25, 0.3) is 0 Å². The summed E-state index contributed by atoms with van der Waals surface area (Å²) in [5, 5.41) is 6.46. The fraction of sp³-hybridized carbons (Fsp3) is 0.600. The Morgan fingerprint density at radius 1 is 1.41 bits per heavy atom. The van der Waals surface area contributed by atoms with Crippen LogP contribution in [0.4, 0.5) is 0 Å². The SMILES string of the molecule is CC(C)[C@@H]1CO[C@@]23CCN(Cc4nn(C)c5cccc(Cl)c45)[C@@H]2CC(=O)N13. The highest BCUT2D eigenvalue weighted by Crippen LogP contribution is 2.49. The summed E-state index contributed by atoms with van der Waals surface area (Å²) in [6.45, 7) is 6.57. The van der Waals surface area contributed by atoms with Gasteiger partial charge in [0.05, 0.1) is 34.9 Å². The highest BCUT2D eigenvalue weighted by Gasteiger charge is 2.64. The molecule has 4 heterocycles. The maximum Gasteiger partial charge on any atom is 0.226 e. The number of carbonyl (C=O) groups is 1. The Bertz CT molecular complexity index is 926. The molecular weight excluding hydrogens is 364 g/mol. The number of hydrogen-bond acceptors (Lipinski definition) is 4. The van der Waals surface area contributed by atoms with Crippen LogP contribution in [0.2, 0.25) is 5.02 Å². The molecule has 0 radical (unpaired) electrons. The number of likely N-dealkylation sites (tertiary alicyclic amines) is 1. The van der Waals surface area contributed by atoms with Crippen LogP contribution in [0.1, 0.15) is 32.4 Å². The van der Waals surface area contributed by atoms with Gasteiger partial charge < -0.3 is 9.64 Å². The monoisotopic (exact) mass is 388 g/mol. The van der Waals surface area contributed by atoms with Crippen molar-refractivity contribution in [2.45, 2.75) is 51.0 Å². The number of hydrogen-bond donors (Lipinski definition) is 0. The van der Waals surface area contributed by atoms with Crippen molar-refractivity contribution in [3.8, 4) is 0 Å². The maximum absolute atomic E-state index is 12.8. The first-order valence-electron chi connectivity index (χ1n) is 9.72. The predicted molar refractivity (Wildman–Crippen MR) is 103 cm³/mol. The molecule has 3 fully saturated rings. The zero-order valence-electron chi connectivity index (χ0n) is 16.0. The van der Waals surface area contributed by atoms with E-state index in [0.29, 0.717) is 25.5 Å². The van der Waals surface area contributed by atoms with Crippen LogP contribution in [-0.2, 0) is 23.1 Å². The van der Waals surface area contributed by atoms with Gasteiger partial charge in [-0.05, 0) is 18.1 Å². The van der Waals surface area contributed by atoms with E-state index in [4.69, 9.17) is 21.4 Å². The normalized spacial score (nSPS) is 30.7. The average molecular weight is 389 g/mol. The lowest BCUT2D eigenvalue weighted by Gasteiger charge is -2.34. The molecule has 1 spiro atoms. The molecule has 1 aromatic carbocycles. The molecule has 144 valence electrons. The number of aryl methyl sites for hydroxylation is 1. The first kappa shape index (κ1) is 17.5. The lowest BCUT2D eigenvalue weighted by Crippen LogP contribution is -2.50. The highest BCUT2D eigenvalue weighted by molar-refractivity contribution is 6.35. The Labute approximate surface area is 164 Å². The summed E-state index contributed by atoms with van der Waals surface area (Å²) in [7, 11) is 1.95. The predicted octanol–water partition coefficient (Wildman–Crippen LogP) is 2.78. The molecule has 0 aliphatic carbocycles. The number of halogens is 1. The van der Waals surface area contributed by atoms with Crippen molar-refractivity contribution in [3.05, 3.63) is 28.9 Å². The van der Waals surface area contributed by atoms with Gasteiger partial charge in [-0.3, -0.25) is 14.4 Å². The molecule has 0 N–H and O–H groups in total. The largest absolute Gasteiger partial charge is 0.352 e. The fourth-order valence-electron chi connectivity index (χ4n) is 5.30. The minimum Gasteiger partial charge on any atom is -0.352 e. The molecule has 0 saturated carbocycles. The Kier molecular flexibility index (Phi) is 3.84. The van der Waals surface area contributed by atoms with Crippen LogP contribution in [-0.4, -0.2) is 56.4 Å². The molecule has 1 aromatic heterocycles. The summed E-state index contributed by atoms with van der Waals surface area (Å²) in [5.41, 5.74) is 1.56. The zero-order valence-corrected chi connectivity index (χ0v) is 16.7. The molecule has 0 unspecified atom stereocenters. The minimum absolute atomic E-state index is 0.0910. The van der Waals surface area contributed by atoms with Crippen LogP contribution in [0.3, 0.4) is 0 Å². The summed E-state index contributed by atoms with van der Waals surface area (Å²) in [6, 6.07) is 6.18. The number of fused-ring (bicyclic) bond motifs is 1. The standard InChI is InChI=1S/C20H25ClN4O2/c1-12(2)16-11-27-20-7-8-24(17(20)9-18(26)25(16)20)10-14-19-13(21)5-4-6-15(19)23(3)22-14/h4-6,12,16-17H,7-11H2,1-3H3/t16-,17+,20-/m0/s1. The molecular formula is C20H25ClN4O2. The van der Waals surface area contributed by atoms with E-state index in [1.54, 1.807) is 0 Å². The van der Waals surface area contributed by atoms with Crippen LogP contribution >= 0.6 is 11.6 Å². The van der Waals surface area contributed by atoms with Crippen LogP contribution in [0, 0.1) is 5.92 Å². The number of ether oxygens (including phenoxy) is 1. The Balaban J connectivity index is 1.47. The molecule has 2 aromatic rings. The lowest BCUT2D eigenvalue weighted by molar-refractivity contribution is -0.139. The molecule has 3 aliphatic heterocycles. The maximum atomic E-state index is 12.8. The molecule has 0 bridgehead atoms. The quantitative estimate of drug-likeness (QED) is 0.811. The van der Waals surface area contributed by atoms with E-state index >= 15 is 0 Å². The van der Waals surface area contributed by atoms with Gasteiger partial charge in [0.2, 0.25) is 5.91 Å². The van der Waals surface area contributed by atoms with Gasteiger partial charge in [0, 0.05) is 38.4 Å². The van der Waals surface area contributed by atoms with E-state index in [9.17, 15) is 4.79 Å². The number of carbonyl (C=O) groups excluding carboxylic acids is 1. The number of amides is 1. The van der Waals surface area contributed by atoms with Gasteiger partial charge in [-0.15, -0.1) is 0 Å². The minimum atomic E-state index is -0.444. The van der Waals surface area contributed by atoms with Crippen molar-refractivity contribution >= 4 is 28.4 Å². The van der Waals surface area contributed by atoms with E-state index in [2.05, 4.69) is 23.6 Å². The van der Waals surface area contributed by atoms with Crippen molar-refractivity contribution in [2.24, 2.45) is 13.0 Å². The second-order valence-corrected chi connectivity index (χ2v) is 8.78. The summed E-state index contributed by atoms with van der Waals surface area (Å²) in [6.07, 6.45) is 1.40. The van der Waals surface area contributed by atoms with E-state index < -0.39 is 5.72 Å². The number of benzene rings is 1. The highest BCUT2D eigenvalue weighted by atomic mass is 35.5. The number of aromatic nitrogens is 2. The van der Waals surface area contributed by atoms with Gasteiger partial charge in [-0.1, -0.05) is 31.5 Å². The smallest absolute Gasteiger partial charge is 0.226 e. The Morgan fingerprint density at radius 3 is 3.00 bits per heavy atom. The first-order valence-corrected chi connectivity index (χ1v) is 10.1. The van der Waals surface area contributed by atoms with Crippen LogP contribution in [0.25, 0.3) is 10.9 Å². The third-order valence-corrected chi connectivity index (χ3v) is 6.94. The second kappa shape index (κ2) is 5.93. The van der Waals surface area contributed by atoms with E-state index in [-0.39, 0.29) is 18.0 Å². The molecule has 6 nitrogen and oxygen atoms in total. The van der Waals surface area contributed by atoms with Gasteiger partial charge in [0.1, 0.15) is 0 Å². The summed E-state index contributed by atoms with van der Waals surface area (Å²) in [5.74, 6) is 0.629.